The molecule has 0 unspecified atom stereocenters. The lowest BCUT2D eigenvalue weighted by Gasteiger charge is -2.01. The van der Waals surface area contributed by atoms with Gasteiger partial charge >= 0.3 is 0 Å². The van der Waals surface area contributed by atoms with Gasteiger partial charge in [0.25, 0.3) is 0 Å². The number of rotatable bonds is 3. The van der Waals surface area contributed by atoms with E-state index in [0.29, 0.717) is 5.02 Å². The average molecular weight is 296 g/mol. The fourth-order valence-corrected chi connectivity index (χ4v) is 2.28. The Balaban J connectivity index is 1.86. The third-order valence-corrected chi connectivity index (χ3v) is 3.55. The van der Waals surface area contributed by atoms with Crippen LogP contribution in [0.4, 0.5) is 0 Å². The standard InChI is InChI=1S/C17H14ClN3/c1-13-6-2-3-7-14(13)10-11-15-12-21(20-19-15)17-9-5-4-8-16(17)18/h2-12H,1H3/b11-10+. The Kier molecular flexibility index (Phi) is 3.84. The van der Waals surface area contributed by atoms with E-state index in [9.17, 15) is 0 Å². The molecule has 0 N–H and O–H groups in total. The van der Waals surface area contributed by atoms with E-state index in [1.165, 1.54) is 11.1 Å². The predicted molar refractivity (Wildman–Crippen MR) is 86.5 cm³/mol. The maximum atomic E-state index is 6.16. The van der Waals surface area contributed by atoms with Crippen LogP contribution in [0.1, 0.15) is 16.8 Å². The minimum absolute atomic E-state index is 0.650. The van der Waals surface area contributed by atoms with E-state index in [2.05, 4.69) is 29.4 Å². The molecule has 1 heterocycles. The van der Waals surface area contributed by atoms with Gasteiger partial charge in [-0.3, -0.25) is 0 Å². The third kappa shape index (κ3) is 3.03. The van der Waals surface area contributed by atoms with Crippen LogP contribution in [-0.4, -0.2) is 15.0 Å². The highest BCUT2D eigenvalue weighted by Gasteiger charge is 2.04. The van der Waals surface area contributed by atoms with E-state index in [-0.39, 0.29) is 0 Å². The van der Waals surface area contributed by atoms with Crippen molar-refractivity contribution in [3.63, 3.8) is 0 Å². The molecule has 4 heteroatoms. The van der Waals surface area contributed by atoms with Gasteiger partial charge in [-0.05, 0) is 36.3 Å². The monoisotopic (exact) mass is 295 g/mol. The van der Waals surface area contributed by atoms with Crippen LogP contribution >= 0.6 is 11.6 Å². The molecule has 0 aliphatic rings. The van der Waals surface area contributed by atoms with Crippen LogP contribution in [0.3, 0.4) is 0 Å². The van der Waals surface area contributed by atoms with E-state index in [4.69, 9.17) is 11.6 Å². The molecule has 0 saturated carbocycles. The zero-order chi connectivity index (χ0) is 14.7. The highest BCUT2D eigenvalue weighted by atomic mass is 35.5. The van der Waals surface area contributed by atoms with Gasteiger partial charge in [0.05, 0.1) is 16.9 Å². The minimum Gasteiger partial charge on any atom is -0.219 e. The third-order valence-electron chi connectivity index (χ3n) is 3.23. The van der Waals surface area contributed by atoms with Crippen molar-refractivity contribution in [2.45, 2.75) is 6.92 Å². The van der Waals surface area contributed by atoms with Crippen LogP contribution in [0.5, 0.6) is 0 Å². The number of halogens is 1. The van der Waals surface area contributed by atoms with Gasteiger partial charge in [0.15, 0.2) is 0 Å². The Morgan fingerprint density at radius 2 is 1.76 bits per heavy atom. The van der Waals surface area contributed by atoms with Gasteiger partial charge in [0.1, 0.15) is 5.69 Å². The molecular formula is C17H14ClN3. The second-order valence-electron chi connectivity index (χ2n) is 4.73. The quantitative estimate of drug-likeness (QED) is 0.717. The Hall–Kier alpha value is -2.39. The molecule has 1 aromatic heterocycles. The van der Waals surface area contributed by atoms with Gasteiger partial charge in [-0.1, -0.05) is 59.3 Å². The average Bonchev–Trinajstić information content (AvgIpc) is 2.96. The lowest BCUT2D eigenvalue weighted by atomic mass is 10.1. The van der Waals surface area contributed by atoms with Crippen LogP contribution in [0.25, 0.3) is 17.8 Å². The Morgan fingerprint density at radius 3 is 2.57 bits per heavy atom. The summed E-state index contributed by atoms with van der Waals surface area (Å²) in [6.45, 7) is 2.08. The first kappa shape index (κ1) is 13.6. The fraction of sp³-hybridized carbons (Fsp3) is 0.0588. The first-order valence-corrected chi connectivity index (χ1v) is 7.03. The van der Waals surface area contributed by atoms with Gasteiger partial charge in [-0.2, -0.15) is 0 Å². The van der Waals surface area contributed by atoms with Crippen molar-refractivity contribution >= 4 is 23.8 Å². The molecule has 0 radical (unpaired) electrons. The topological polar surface area (TPSA) is 30.7 Å². The number of nitrogens with zero attached hydrogens (tertiary/aromatic N) is 3. The van der Waals surface area contributed by atoms with Crippen LogP contribution in [0.15, 0.2) is 54.7 Å². The second kappa shape index (κ2) is 5.94. The molecule has 2 aromatic carbocycles. The second-order valence-corrected chi connectivity index (χ2v) is 5.14. The van der Waals surface area contributed by atoms with Crippen molar-refractivity contribution in [1.82, 2.24) is 15.0 Å². The first-order valence-electron chi connectivity index (χ1n) is 6.65. The SMILES string of the molecule is Cc1ccccc1/C=C/c1cn(-c2ccccc2Cl)nn1. The van der Waals surface area contributed by atoms with Gasteiger partial charge in [-0.15, -0.1) is 5.10 Å². The molecule has 0 atom stereocenters. The molecule has 104 valence electrons. The lowest BCUT2D eigenvalue weighted by molar-refractivity contribution is 0.803. The maximum absolute atomic E-state index is 6.16. The molecule has 3 aromatic rings. The van der Waals surface area contributed by atoms with Gasteiger partial charge in [0.2, 0.25) is 0 Å². The Morgan fingerprint density at radius 1 is 1.00 bits per heavy atom. The van der Waals surface area contributed by atoms with E-state index in [1.54, 1.807) is 4.68 Å². The van der Waals surface area contributed by atoms with Crippen LogP contribution in [-0.2, 0) is 0 Å². The van der Waals surface area contributed by atoms with Gasteiger partial charge in [0, 0.05) is 0 Å². The highest BCUT2D eigenvalue weighted by Crippen LogP contribution is 2.19. The molecular weight excluding hydrogens is 282 g/mol. The van der Waals surface area contributed by atoms with Crippen molar-refractivity contribution in [3.8, 4) is 5.69 Å². The van der Waals surface area contributed by atoms with E-state index in [0.717, 1.165) is 11.4 Å². The van der Waals surface area contributed by atoms with Crippen molar-refractivity contribution in [2.24, 2.45) is 0 Å². The summed E-state index contributed by atoms with van der Waals surface area (Å²) in [5, 5.41) is 8.91. The Bertz CT molecular complexity index is 790. The molecule has 3 nitrogen and oxygen atoms in total. The first-order chi connectivity index (χ1) is 10.2. The van der Waals surface area contributed by atoms with Crippen LogP contribution < -0.4 is 0 Å². The van der Waals surface area contributed by atoms with Gasteiger partial charge in [-0.25, -0.2) is 4.68 Å². The van der Waals surface area contributed by atoms with Crippen molar-refractivity contribution in [3.05, 3.63) is 76.6 Å². The predicted octanol–water partition coefficient (Wildman–Crippen LogP) is 4.40. The molecule has 0 fully saturated rings. The number of para-hydroxylation sites is 1. The fourth-order valence-electron chi connectivity index (χ4n) is 2.06. The van der Waals surface area contributed by atoms with Crippen LogP contribution in [0, 0.1) is 6.92 Å². The van der Waals surface area contributed by atoms with E-state index in [1.807, 2.05) is 54.7 Å². The zero-order valence-corrected chi connectivity index (χ0v) is 12.3. The summed E-state index contributed by atoms with van der Waals surface area (Å²) in [6.07, 6.45) is 5.84. The smallest absolute Gasteiger partial charge is 0.106 e. The minimum atomic E-state index is 0.650. The summed E-state index contributed by atoms with van der Waals surface area (Å²) >= 11 is 6.16. The molecule has 3 rings (SSSR count). The number of hydrogen-bond acceptors (Lipinski definition) is 2. The summed E-state index contributed by atoms with van der Waals surface area (Å²) in [5.74, 6) is 0. The summed E-state index contributed by atoms with van der Waals surface area (Å²) in [5.41, 5.74) is 4.01. The van der Waals surface area contributed by atoms with Crippen molar-refractivity contribution in [1.29, 1.82) is 0 Å². The molecule has 0 bridgehead atoms. The maximum Gasteiger partial charge on any atom is 0.106 e. The molecule has 21 heavy (non-hydrogen) atoms. The number of aromatic nitrogens is 3. The zero-order valence-electron chi connectivity index (χ0n) is 11.6. The molecule has 0 aliphatic heterocycles. The van der Waals surface area contributed by atoms with E-state index < -0.39 is 0 Å². The summed E-state index contributed by atoms with van der Waals surface area (Å²) in [6, 6.07) is 15.8. The number of benzene rings is 2. The van der Waals surface area contributed by atoms with Crippen LogP contribution in [0.2, 0.25) is 5.02 Å². The molecule has 0 saturated heterocycles. The summed E-state index contributed by atoms with van der Waals surface area (Å²) < 4.78 is 1.68. The van der Waals surface area contributed by atoms with Crippen molar-refractivity contribution < 1.29 is 0 Å². The summed E-state index contributed by atoms with van der Waals surface area (Å²) in [4.78, 5) is 0. The highest BCUT2D eigenvalue weighted by molar-refractivity contribution is 6.32. The molecule has 0 aliphatic carbocycles. The number of hydrogen-bond donors (Lipinski definition) is 0. The summed E-state index contributed by atoms with van der Waals surface area (Å²) in [7, 11) is 0. The molecule has 0 amide bonds. The number of aryl methyl sites for hydroxylation is 1. The molecule has 0 spiro atoms. The van der Waals surface area contributed by atoms with Crippen molar-refractivity contribution in [2.75, 3.05) is 0 Å². The van der Waals surface area contributed by atoms with Gasteiger partial charge < -0.3 is 0 Å². The lowest BCUT2D eigenvalue weighted by Crippen LogP contribution is -1.95. The Labute approximate surface area is 128 Å². The largest absolute Gasteiger partial charge is 0.219 e. The van der Waals surface area contributed by atoms with E-state index >= 15 is 0 Å². The normalized spacial score (nSPS) is 11.1.